The number of fused-ring (bicyclic) bond motifs is 1. The zero-order valence-corrected chi connectivity index (χ0v) is 11.6. The first kappa shape index (κ1) is 12.1. The second kappa shape index (κ2) is 4.99. The number of imidazole rings is 1. The molecule has 0 spiro atoms. The summed E-state index contributed by atoms with van der Waals surface area (Å²) in [4.78, 5) is 8.22. The molecular weight excluding hydrogens is 244 g/mol. The van der Waals surface area contributed by atoms with Gasteiger partial charge in [0.05, 0.1) is 5.69 Å². The Balaban J connectivity index is 1.59. The van der Waals surface area contributed by atoms with E-state index in [1.807, 2.05) is 0 Å². The van der Waals surface area contributed by atoms with Gasteiger partial charge >= 0.3 is 0 Å². The van der Waals surface area contributed by atoms with Crippen molar-refractivity contribution in [3.8, 4) is 0 Å². The lowest BCUT2D eigenvalue weighted by Crippen LogP contribution is -2.39. The third-order valence-electron chi connectivity index (χ3n) is 3.90. The number of aromatic nitrogens is 2. The topological polar surface area (TPSA) is 46.6 Å². The molecule has 0 saturated carbocycles. The maximum absolute atomic E-state index is 5.97. The van der Waals surface area contributed by atoms with E-state index in [1.54, 1.807) is 11.3 Å². The number of hydrogen-bond donors (Lipinski definition) is 1. The Morgan fingerprint density at radius 3 is 2.94 bits per heavy atom. The summed E-state index contributed by atoms with van der Waals surface area (Å²) in [5.41, 5.74) is 7.15. The van der Waals surface area contributed by atoms with Crippen LogP contribution < -0.4 is 5.73 Å². The van der Waals surface area contributed by atoms with E-state index in [9.17, 15) is 0 Å². The molecule has 1 aliphatic heterocycles. The summed E-state index contributed by atoms with van der Waals surface area (Å²) in [7, 11) is 0. The molecule has 2 aromatic heterocycles. The van der Waals surface area contributed by atoms with Crippen molar-refractivity contribution in [3.05, 3.63) is 23.5 Å². The minimum Gasteiger partial charge on any atom is -0.328 e. The minimum absolute atomic E-state index is 0.338. The highest BCUT2D eigenvalue weighted by molar-refractivity contribution is 7.15. The average Bonchev–Trinajstić information content (AvgIpc) is 2.90. The van der Waals surface area contributed by atoms with Crippen LogP contribution in [-0.4, -0.2) is 33.4 Å². The van der Waals surface area contributed by atoms with Crippen molar-refractivity contribution in [2.75, 3.05) is 13.1 Å². The number of rotatable bonds is 3. The minimum atomic E-state index is 0.338. The molecule has 4 nitrogen and oxygen atoms in total. The maximum atomic E-state index is 5.97. The molecule has 98 valence electrons. The van der Waals surface area contributed by atoms with Gasteiger partial charge < -0.3 is 5.73 Å². The fourth-order valence-electron chi connectivity index (χ4n) is 2.72. The summed E-state index contributed by atoms with van der Waals surface area (Å²) in [5, 5.41) is 2.07. The molecule has 1 aliphatic rings. The molecule has 3 rings (SSSR count). The van der Waals surface area contributed by atoms with Gasteiger partial charge in [-0.2, -0.15) is 0 Å². The largest absolute Gasteiger partial charge is 0.328 e. The predicted molar refractivity (Wildman–Crippen MR) is 74.7 cm³/mol. The van der Waals surface area contributed by atoms with Gasteiger partial charge in [0.25, 0.3) is 0 Å². The molecule has 2 aromatic rings. The van der Waals surface area contributed by atoms with Gasteiger partial charge in [-0.15, -0.1) is 11.3 Å². The molecule has 1 fully saturated rings. The highest BCUT2D eigenvalue weighted by Gasteiger charge is 2.22. The van der Waals surface area contributed by atoms with Gasteiger partial charge in [0, 0.05) is 30.4 Å². The Bertz CT molecular complexity index is 479. The van der Waals surface area contributed by atoms with Gasteiger partial charge in [-0.3, -0.25) is 9.30 Å². The first-order valence-corrected chi connectivity index (χ1v) is 7.49. The second-order valence-electron chi connectivity index (χ2n) is 5.30. The molecule has 0 aliphatic carbocycles. The molecule has 3 heterocycles. The van der Waals surface area contributed by atoms with Crippen LogP contribution in [0.5, 0.6) is 0 Å². The molecule has 1 unspecified atom stereocenters. The quantitative estimate of drug-likeness (QED) is 0.922. The van der Waals surface area contributed by atoms with Crippen molar-refractivity contribution in [1.29, 1.82) is 0 Å². The third-order valence-corrected chi connectivity index (χ3v) is 4.68. The molecule has 0 bridgehead atoms. The normalized spacial score (nSPS) is 20.6. The van der Waals surface area contributed by atoms with E-state index in [-0.39, 0.29) is 0 Å². The Labute approximate surface area is 111 Å². The van der Waals surface area contributed by atoms with Crippen LogP contribution in [0.1, 0.15) is 25.5 Å². The molecule has 1 atom stereocenters. The summed E-state index contributed by atoms with van der Waals surface area (Å²) >= 11 is 1.69. The van der Waals surface area contributed by atoms with E-state index >= 15 is 0 Å². The highest BCUT2D eigenvalue weighted by Crippen LogP contribution is 2.21. The predicted octanol–water partition coefficient (Wildman–Crippen LogP) is 1.95. The van der Waals surface area contributed by atoms with Crippen LogP contribution in [-0.2, 0) is 6.54 Å². The van der Waals surface area contributed by atoms with Crippen LogP contribution in [0.15, 0.2) is 17.8 Å². The van der Waals surface area contributed by atoms with Crippen LogP contribution in [0.2, 0.25) is 0 Å². The molecule has 1 saturated heterocycles. The van der Waals surface area contributed by atoms with Crippen LogP contribution in [0.4, 0.5) is 0 Å². The summed E-state index contributed by atoms with van der Waals surface area (Å²) in [5.74, 6) is 0.701. The molecule has 0 aromatic carbocycles. The second-order valence-corrected chi connectivity index (χ2v) is 6.17. The molecule has 0 radical (unpaired) electrons. The number of nitrogens with two attached hydrogens (primary N) is 1. The Kier molecular flexibility index (Phi) is 3.37. The monoisotopic (exact) mass is 264 g/mol. The van der Waals surface area contributed by atoms with Gasteiger partial charge in [0.15, 0.2) is 4.96 Å². The van der Waals surface area contributed by atoms with E-state index in [2.05, 4.69) is 39.0 Å². The number of likely N-dealkylation sites (tertiary alicyclic amines) is 1. The molecule has 2 N–H and O–H groups in total. The standard InChI is InChI=1S/C13H20N4S/c1-10(14)11-2-4-16(5-3-11)8-12-9-17-6-7-18-13(17)15-12/h6-7,9-11H,2-5,8,14H2,1H3. The summed E-state index contributed by atoms with van der Waals surface area (Å²) in [6, 6.07) is 0.338. The van der Waals surface area contributed by atoms with Crippen LogP contribution in [0, 0.1) is 5.92 Å². The fourth-order valence-corrected chi connectivity index (χ4v) is 3.44. The van der Waals surface area contributed by atoms with Gasteiger partial charge in [-0.25, -0.2) is 4.98 Å². The molecular formula is C13H20N4S. The van der Waals surface area contributed by atoms with E-state index in [1.165, 1.54) is 18.5 Å². The summed E-state index contributed by atoms with van der Waals surface area (Å²) in [6.45, 7) is 5.40. The van der Waals surface area contributed by atoms with E-state index < -0.39 is 0 Å². The van der Waals surface area contributed by atoms with Crippen LogP contribution in [0.3, 0.4) is 0 Å². The number of hydrogen-bond acceptors (Lipinski definition) is 4. The number of nitrogens with zero attached hydrogens (tertiary/aromatic N) is 3. The van der Waals surface area contributed by atoms with Crippen LogP contribution in [0.25, 0.3) is 4.96 Å². The smallest absolute Gasteiger partial charge is 0.193 e. The van der Waals surface area contributed by atoms with Crippen molar-refractivity contribution >= 4 is 16.3 Å². The first-order chi connectivity index (χ1) is 8.72. The maximum Gasteiger partial charge on any atom is 0.193 e. The lowest BCUT2D eigenvalue weighted by Gasteiger charge is -2.33. The Hall–Kier alpha value is -0.910. The number of thiazole rings is 1. The van der Waals surface area contributed by atoms with Crippen molar-refractivity contribution in [1.82, 2.24) is 14.3 Å². The summed E-state index contributed by atoms with van der Waals surface area (Å²) in [6.07, 6.45) is 6.65. The van der Waals surface area contributed by atoms with Crippen molar-refractivity contribution in [2.45, 2.75) is 32.4 Å². The van der Waals surface area contributed by atoms with E-state index in [0.29, 0.717) is 12.0 Å². The van der Waals surface area contributed by atoms with Crippen molar-refractivity contribution < 1.29 is 0 Å². The Morgan fingerprint density at radius 1 is 1.50 bits per heavy atom. The zero-order valence-electron chi connectivity index (χ0n) is 10.7. The highest BCUT2D eigenvalue weighted by atomic mass is 32.1. The van der Waals surface area contributed by atoms with Gasteiger partial charge in [0.1, 0.15) is 0 Å². The van der Waals surface area contributed by atoms with Crippen molar-refractivity contribution in [3.63, 3.8) is 0 Å². The number of piperidine rings is 1. The molecule has 5 heteroatoms. The fraction of sp³-hybridized carbons (Fsp3) is 0.615. The van der Waals surface area contributed by atoms with Crippen molar-refractivity contribution in [2.24, 2.45) is 11.7 Å². The summed E-state index contributed by atoms with van der Waals surface area (Å²) < 4.78 is 2.11. The third kappa shape index (κ3) is 2.43. The first-order valence-electron chi connectivity index (χ1n) is 6.61. The van der Waals surface area contributed by atoms with E-state index in [4.69, 9.17) is 5.73 Å². The Morgan fingerprint density at radius 2 is 2.28 bits per heavy atom. The zero-order chi connectivity index (χ0) is 12.5. The van der Waals surface area contributed by atoms with Gasteiger partial charge in [-0.05, 0) is 38.8 Å². The molecule has 0 amide bonds. The van der Waals surface area contributed by atoms with Gasteiger partial charge in [-0.1, -0.05) is 0 Å². The van der Waals surface area contributed by atoms with E-state index in [0.717, 1.165) is 24.6 Å². The average molecular weight is 264 g/mol. The lowest BCUT2D eigenvalue weighted by molar-refractivity contribution is 0.164. The van der Waals surface area contributed by atoms with Crippen LogP contribution >= 0.6 is 11.3 Å². The lowest BCUT2D eigenvalue weighted by atomic mass is 9.91. The SMILES string of the molecule is CC(N)C1CCN(Cc2cn3ccsc3n2)CC1. The van der Waals surface area contributed by atoms with Gasteiger partial charge in [0.2, 0.25) is 0 Å². The molecule has 18 heavy (non-hydrogen) atoms.